The van der Waals surface area contributed by atoms with E-state index in [2.05, 4.69) is 5.32 Å². The molecule has 37 heavy (non-hydrogen) atoms. The summed E-state index contributed by atoms with van der Waals surface area (Å²) in [5.74, 6) is -2.05. The van der Waals surface area contributed by atoms with Crippen molar-refractivity contribution >= 4 is 23.4 Å². The first-order valence-corrected chi connectivity index (χ1v) is 12.2. The van der Waals surface area contributed by atoms with E-state index < -0.39 is 34.7 Å². The molecule has 192 valence electrons. The summed E-state index contributed by atoms with van der Waals surface area (Å²) in [6.45, 7) is 0.123. The van der Waals surface area contributed by atoms with Crippen LogP contribution in [0.5, 0.6) is 5.75 Å². The van der Waals surface area contributed by atoms with Crippen LogP contribution in [0.15, 0.2) is 59.5 Å². The van der Waals surface area contributed by atoms with Crippen molar-refractivity contribution in [3.8, 4) is 5.75 Å². The topological polar surface area (TPSA) is 101 Å². The lowest BCUT2D eigenvalue weighted by atomic mass is 9.72. The number of carbonyl (C=O) groups excluding carboxylic acids is 2. The van der Waals surface area contributed by atoms with E-state index in [4.69, 9.17) is 16.3 Å². The number of hydrogen-bond acceptors (Lipinski definition) is 5. The molecule has 2 heterocycles. The van der Waals surface area contributed by atoms with Gasteiger partial charge in [-0.2, -0.15) is 0 Å². The van der Waals surface area contributed by atoms with E-state index in [1.807, 2.05) is 30.3 Å². The van der Waals surface area contributed by atoms with E-state index in [1.54, 1.807) is 17.7 Å². The molecular weight excluding hydrogens is 501 g/mol. The van der Waals surface area contributed by atoms with E-state index in [-0.39, 0.29) is 40.7 Å². The number of hydrogen-bond donors (Lipinski definition) is 2. The van der Waals surface area contributed by atoms with E-state index in [0.717, 1.165) is 5.56 Å². The van der Waals surface area contributed by atoms with Crippen LogP contribution in [0.3, 0.4) is 0 Å². The normalized spacial score (nSPS) is 20.4. The predicted octanol–water partition coefficient (Wildman–Crippen LogP) is 3.09. The van der Waals surface area contributed by atoms with Gasteiger partial charge in [-0.1, -0.05) is 54.1 Å². The van der Waals surface area contributed by atoms with Crippen molar-refractivity contribution in [3.05, 3.63) is 98.2 Å². The SMILES string of the molecule is CN1CC2(CC(O)C2)n2cc(C(=O)NCc3cccc(Cl)c3F)c(=O)c(OCc3ccccc3)c2C1=O. The van der Waals surface area contributed by atoms with Gasteiger partial charge in [-0.3, -0.25) is 14.4 Å². The second-order valence-electron chi connectivity index (χ2n) is 9.54. The highest BCUT2D eigenvalue weighted by atomic mass is 35.5. The third-order valence-electron chi connectivity index (χ3n) is 6.93. The molecule has 8 nitrogen and oxygen atoms in total. The molecule has 5 rings (SSSR count). The Morgan fingerprint density at radius 2 is 1.92 bits per heavy atom. The van der Waals surface area contributed by atoms with Crippen molar-refractivity contribution in [1.29, 1.82) is 0 Å². The number of aliphatic hydroxyl groups excluding tert-OH is 1. The molecule has 2 N–H and O–H groups in total. The smallest absolute Gasteiger partial charge is 0.274 e. The minimum Gasteiger partial charge on any atom is -0.483 e. The number of likely N-dealkylation sites (N-methyl/N-ethyl adjacent to an activating group) is 1. The number of aliphatic hydroxyl groups is 1. The highest BCUT2D eigenvalue weighted by Gasteiger charge is 2.51. The van der Waals surface area contributed by atoms with Gasteiger partial charge in [0.15, 0.2) is 11.4 Å². The maximum absolute atomic E-state index is 14.3. The summed E-state index contributed by atoms with van der Waals surface area (Å²) in [4.78, 5) is 41.5. The molecule has 1 spiro atoms. The standard InChI is InChI=1S/C27H25ClFN3O5/c1-31-15-27(10-18(33)11-27)32-13-19(25(35)30-12-17-8-5-9-20(28)21(17)29)23(34)24(22(32)26(31)36)37-14-16-6-3-2-4-7-16/h2-9,13,18,33H,10-12,14-15H2,1H3,(H,30,35). The van der Waals surface area contributed by atoms with Gasteiger partial charge >= 0.3 is 0 Å². The van der Waals surface area contributed by atoms with Crippen molar-refractivity contribution < 1.29 is 23.8 Å². The summed E-state index contributed by atoms with van der Waals surface area (Å²) < 4.78 is 21.8. The van der Waals surface area contributed by atoms with Crippen LogP contribution in [-0.2, 0) is 18.7 Å². The number of benzene rings is 2. The summed E-state index contributed by atoms with van der Waals surface area (Å²) in [6, 6.07) is 13.6. The Morgan fingerprint density at radius 3 is 2.62 bits per heavy atom. The molecule has 2 amide bonds. The third kappa shape index (κ3) is 4.49. The maximum atomic E-state index is 14.3. The van der Waals surface area contributed by atoms with Gasteiger partial charge in [-0.15, -0.1) is 0 Å². The van der Waals surface area contributed by atoms with Crippen molar-refractivity contribution in [2.75, 3.05) is 13.6 Å². The fourth-order valence-corrected chi connectivity index (χ4v) is 5.25. The third-order valence-corrected chi connectivity index (χ3v) is 7.22. The predicted molar refractivity (Wildman–Crippen MR) is 134 cm³/mol. The molecule has 1 saturated carbocycles. The Bertz CT molecular complexity index is 1440. The number of fused-ring (bicyclic) bond motifs is 2. The lowest BCUT2D eigenvalue weighted by molar-refractivity contribution is -0.0455. The van der Waals surface area contributed by atoms with Crippen LogP contribution in [0, 0.1) is 5.82 Å². The molecule has 1 fully saturated rings. The molecule has 3 aromatic rings. The van der Waals surface area contributed by atoms with E-state index in [1.165, 1.54) is 23.2 Å². The first-order chi connectivity index (χ1) is 17.7. The van der Waals surface area contributed by atoms with Crippen LogP contribution in [0.25, 0.3) is 0 Å². The summed E-state index contributed by atoms with van der Waals surface area (Å²) in [5, 5.41) is 12.6. The lowest BCUT2D eigenvalue weighted by Crippen LogP contribution is -2.61. The van der Waals surface area contributed by atoms with Gasteiger partial charge < -0.3 is 24.6 Å². The van der Waals surface area contributed by atoms with Crippen LogP contribution >= 0.6 is 11.6 Å². The monoisotopic (exact) mass is 525 g/mol. The van der Waals surface area contributed by atoms with Crippen LogP contribution in [-0.4, -0.2) is 46.1 Å². The van der Waals surface area contributed by atoms with E-state index in [9.17, 15) is 23.9 Å². The van der Waals surface area contributed by atoms with Crippen molar-refractivity contribution in [2.45, 2.75) is 37.6 Å². The fourth-order valence-electron chi connectivity index (χ4n) is 5.06. The molecule has 1 aliphatic carbocycles. The number of aromatic nitrogens is 1. The second-order valence-corrected chi connectivity index (χ2v) is 9.94. The Kier molecular flexibility index (Phi) is 6.51. The molecule has 2 aromatic carbocycles. The van der Waals surface area contributed by atoms with E-state index in [0.29, 0.717) is 19.4 Å². The summed E-state index contributed by atoms with van der Waals surface area (Å²) in [7, 11) is 1.63. The Morgan fingerprint density at radius 1 is 1.19 bits per heavy atom. The molecule has 0 atom stereocenters. The zero-order valence-corrected chi connectivity index (χ0v) is 20.8. The molecule has 1 aromatic heterocycles. The largest absolute Gasteiger partial charge is 0.483 e. The van der Waals surface area contributed by atoms with Gasteiger partial charge in [0.1, 0.15) is 18.0 Å². The number of rotatable bonds is 6. The first-order valence-electron chi connectivity index (χ1n) is 11.8. The number of carbonyl (C=O) groups is 2. The van der Waals surface area contributed by atoms with E-state index >= 15 is 0 Å². The Balaban J connectivity index is 1.56. The fraction of sp³-hybridized carbons (Fsp3) is 0.296. The Hall–Kier alpha value is -3.69. The molecule has 0 radical (unpaired) electrons. The summed E-state index contributed by atoms with van der Waals surface area (Å²) >= 11 is 5.83. The molecule has 2 aliphatic rings. The Labute approximate surface area is 217 Å². The number of nitrogens with zero attached hydrogens (tertiary/aromatic N) is 2. The minimum atomic E-state index is -0.745. The lowest BCUT2D eigenvalue weighted by Gasteiger charge is -2.52. The quantitative estimate of drug-likeness (QED) is 0.515. The zero-order chi connectivity index (χ0) is 26.3. The number of pyridine rings is 1. The second kappa shape index (κ2) is 9.64. The number of ether oxygens (including phenoxy) is 1. The number of nitrogens with one attached hydrogen (secondary N) is 1. The maximum Gasteiger partial charge on any atom is 0.274 e. The number of amides is 2. The molecule has 1 aliphatic heterocycles. The van der Waals surface area contributed by atoms with Crippen molar-refractivity contribution in [3.63, 3.8) is 0 Å². The van der Waals surface area contributed by atoms with Crippen molar-refractivity contribution in [2.24, 2.45) is 0 Å². The van der Waals surface area contributed by atoms with Gasteiger partial charge in [-0.05, 0) is 24.5 Å². The summed E-state index contributed by atoms with van der Waals surface area (Å²) in [5.41, 5.74) is -0.687. The van der Waals surface area contributed by atoms with Gasteiger partial charge in [0.05, 0.1) is 16.7 Å². The molecular formula is C27H25ClFN3O5. The van der Waals surface area contributed by atoms with Crippen molar-refractivity contribution in [1.82, 2.24) is 14.8 Å². The average molecular weight is 526 g/mol. The van der Waals surface area contributed by atoms with Gasteiger partial charge in [0.25, 0.3) is 11.8 Å². The molecule has 0 unspecified atom stereocenters. The van der Waals surface area contributed by atoms with Crippen LogP contribution in [0.4, 0.5) is 4.39 Å². The molecule has 0 bridgehead atoms. The van der Waals surface area contributed by atoms with Crippen LogP contribution in [0.2, 0.25) is 5.02 Å². The molecule has 10 heteroatoms. The highest BCUT2D eigenvalue weighted by molar-refractivity contribution is 6.30. The van der Waals surface area contributed by atoms with Gasteiger partial charge in [0, 0.05) is 31.9 Å². The van der Waals surface area contributed by atoms with Gasteiger partial charge in [-0.25, -0.2) is 4.39 Å². The zero-order valence-electron chi connectivity index (χ0n) is 20.0. The minimum absolute atomic E-state index is 0.00843. The van der Waals surface area contributed by atoms with Crippen LogP contribution in [0.1, 0.15) is 44.8 Å². The van der Waals surface area contributed by atoms with Gasteiger partial charge in [0.2, 0.25) is 5.43 Å². The first kappa shape index (κ1) is 25.0. The average Bonchev–Trinajstić information content (AvgIpc) is 2.86. The summed E-state index contributed by atoms with van der Waals surface area (Å²) in [6.07, 6.45) is 1.50. The molecule has 0 saturated heterocycles. The number of halogens is 2. The highest BCUT2D eigenvalue weighted by Crippen LogP contribution is 2.44. The van der Waals surface area contributed by atoms with Crippen LogP contribution < -0.4 is 15.5 Å².